The second kappa shape index (κ2) is 12.2. The van der Waals surface area contributed by atoms with E-state index < -0.39 is 5.97 Å². The van der Waals surface area contributed by atoms with Crippen LogP contribution in [0.5, 0.6) is 0 Å². The van der Waals surface area contributed by atoms with E-state index in [0.29, 0.717) is 0 Å². The summed E-state index contributed by atoms with van der Waals surface area (Å²) in [5, 5.41) is 8.88. The molecule has 0 aliphatic rings. The molecular formula is C16H31NO2. The van der Waals surface area contributed by atoms with Gasteiger partial charge >= 0.3 is 5.97 Å². The van der Waals surface area contributed by atoms with Crippen LogP contribution in [0.15, 0.2) is 12.2 Å². The Morgan fingerprint density at radius 1 is 1.00 bits per heavy atom. The molecule has 0 saturated carbocycles. The highest BCUT2D eigenvalue weighted by Crippen LogP contribution is 2.12. The fourth-order valence-corrected chi connectivity index (χ4v) is 2.09. The summed E-state index contributed by atoms with van der Waals surface area (Å²) in [6, 6.07) is 0. The maximum absolute atomic E-state index is 10.8. The first-order valence-electron chi connectivity index (χ1n) is 7.70. The van der Waals surface area contributed by atoms with Gasteiger partial charge in [0.15, 0.2) is 0 Å². The van der Waals surface area contributed by atoms with E-state index in [0.717, 1.165) is 38.8 Å². The number of unbranched alkanes of at least 4 members (excludes halogenated alkanes) is 4. The SMILES string of the molecule is C=C(CCCCCC)CCN(CCCC)CC(=O)O. The maximum Gasteiger partial charge on any atom is 0.317 e. The summed E-state index contributed by atoms with van der Waals surface area (Å²) >= 11 is 0. The number of nitrogens with zero attached hydrogens (tertiary/aromatic N) is 1. The molecule has 0 radical (unpaired) electrons. The van der Waals surface area contributed by atoms with E-state index in [-0.39, 0.29) is 6.54 Å². The van der Waals surface area contributed by atoms with Crippen molar-refractivity contribution in [3.8, 4) is 0 Å². The molecule has 0 aromatic heterocycles. The monoisotopic (exact) mass is 269 g/mol. The standard InChI is InChI=1S/C16H31NO2/c1-4-6-8-9-10-15(3)11-13-17(12-7-5-2)14-16(18)19/h3-14H2,1-2H3,(H,18,19). The first-order valence-corrected chi connectivity index (χ1v) is 7.70. The van der Waals surface area contributed by atoms with Crippen LogP contribution in [0.1, 0.15) is 65.2 Å². The number of carboxylic acid groups (broad SMARTS) is 1. The first-order chi connectivity index (χ1) is 9.10. The minimum atomic E-state index is -0.732. The van der Waals surface area contributed by atoms with Gasteiger partial charge in [-0.3, -0.25) is 9.69 Å². The van der Waals surface area contributed by atoms with Crippen molar-refractivity contribution in [2.75, 3.05) is 19.6 Å². The quantitative estimate of drug-likeness (QED) is 0.404. The number of hydrogen-bond acceptors (Lipinski definition) is 2. The van der Waals surface area contributed by atoms with Crippen molar-refractivity contribution in [3.63, 3.8) is 0 Å². The van der Waals surface area contributed by atoms with E-state index in [1.54, 1.807) is 0 Å². The molecule has 0 unspecified atom stereocenters. The van der Waals surface area contributed by atoms with E-state index in [2.05, 4.69) is 20.4 Å². The fourth-order valence-electron chi connectivity index (χ4n) is 2.09. The highest BCUT2D eigenvalue weighted by molar-refractivity contribution is 5.69. The van der Waals surface area contributed by atoms with Crippen molar-refractivity contribution >= 4 is 5.97 Å². The first kappa shape index (κ1) is 18.2. The van der Waals surface area contributed by atoms with E-state index >= 15 is 0 Å². The molecule has 0 amide bonds. The molecule has 19 heavy (non-hydrogen) atoms. The Labute approximate surface area is 118 Å². The molecule has 0 saturated heterocycles. The van der Waals surface area contributed by atoms with Crippen molar-refractivity contribution in [2.24, 2.45) is 0 Å². The zero-order valence-electron chi connectivity index (χ0n) is 12.8. The molecule has 0 fully saturated rings. The molecule has 0 aromatic rings. The molecule has 0 atom stereocenters. The Morgan fingerprint density at radius 3 is 2.26 bits per heavy atom. The lowest BCUT2D eigenvalue weighted by Crippen LogP contribution is -2.31. The Morgan fingerprint density at radius 2 is 1.68 bits per heavy atom. The van der Waals surface area contributed by atoms with Crippen LogP contribution < -0.4 is 0 Å². The van der Waals surface area contributed by atoms with Gasteiger partial charge in [-0.25, -0.2) is 0 Å². The van der Waals surface area contributed by atoms with E-state index in [9.17, 15) is 4.79 Å². The molecular weight excluding hydrogens is 238 g/mol. The Bertz CT molecular complexity index is 251. The maximum atomic E-state index is 10.8. The third-order valence-electron chi connectivity index (χ3n) is 3.35. The van der Waals surface area contributed by atoms with Gasteiger partial charge in [0.2, 0.25) is 0 Å². The van der Waals surface area contributed by atoms with Gasteiger partial charge in [-0.05, 0) is 32.2 Å². The van der Waals surface area contributed by atoms with Crippen molar-refractivity contribution < 1.29 is 9.90 Å². The molecule has 0 aliphatic carbocycles. The van der Waals surface area contributed by atoms with Crippen molar-refractivity contribution in [1.29, 1.82) is 0 Å². The Balaban J connectivity index is 3.81. The van der Waals surface area contributed by atoms with Gasteiger partial charge in [-0.15, -0.1) is 0 Å². The number of aliphatic carboxylic acids is 1. The highest BCUT2D eigenvalue weighted by Gasteiger charge is 2.09. The molecule has 0 rings (SSSR count). The second-order valence-electron chi connectivity index (χ2n) is 5.33. The topological polar surface area (TPSA) is 40.5 Å². The predicted octanol–water partition coefficient (Wildman–Crippen LogP) is 4.09. The highest BCUT2D eigenvalue weighted by atomic mass is 16.4. The van der Waals surface area contributed by atoms with Crippen LogP contribution >= 0.6 is 0 Å². The molecule has 0 spiro atoms. The molecule has 3 nitrogen and oxygen atoms in total. The average Bonchev–Trinajstić information content (AvgIpc) is 2.37. The van der Waals surface area contributed by atoms with Gasteiger partial charge in [0, 0.05) is 6.54 Å². The van der Waals surface area contributed by atoms with E-state index in [1.807, 2.05) is 4.90 Å². The zero-order valence-corrected chi connectivity index (χ0v) is 12.8. The summed E-state index contributed by atoms with van der Waals surface area (Å²) in [5.74, 6) is -0.732. The van der Waals surface area contributed by atoms with Crippen LogP contribution in [0.4, 0.5) is 0 Å². The number of hydrogen-bond donors (Lipinski definition) is 1. The van der Waals surface area contributed by atoms with Gasteiger partial charge in [0.25, 0.3) is 0 Å². The molecule has 0 heterocycles. The minimum absolute atomic E-state index is 0.156. The molecule has 3 heteroatoms. The third-order valence-corrected chi connectivity index (χ3v) is 3.35. The summed E-state index contributed by atoms with van der Waals surface area (Å²) in [5.41, 5.74) is 1.27. The van der Waals surface area contributed by atoms with Gasteiger partial charge in [-0.2, -0.15) is 0 Å². The van der Waals surface area contributed by atoms with Crippen LogP contribution in [0.3, 0.4) is 0 Å². The van der Waals surface area contributed by atoms with Crippen LogP contribution in [0, 0.1) is 0 Å². The Kier molecular flexibility index (Phi) is 11.7. The van der Waals surface area contributed by atoms with Crippen LogP contribution in [0.2, 0.25) is 0 Å². The predicted molar refractivity (Wildman–Crippen MR) is 81.5 cm³/mol. The summed E-state index contributed by atoms with van der Waals surface area (Å²) in [7, 11) is 0. The minimum Gasteiger partial charge on any atom is -0.480 e. The van der Waals surface area contributed by atoms with Gasteiger partial charge < -0.3 is 5.11 Å². The molecule has 0 bridgehead atoms. The van der Waals surface area contributed by atoms with Crippen LogP contribution in [-0.4, -0.2) is 35.6 Å². The number of rotatable bonds is 13. The third kappa shape index (κ3) is 12.0. The van der Waals surface area contributed by atoms with Gasteiger partial charge in [-0.1, -0.05) is 51.7 Å². The van der Waals surface area contributed by atoms with Crippen LogP contribution in [0.25, 0.3) is 0 Å². The van der Waals surface area contributed by atoms with E-state index in [4.69, 9.17) is 5.11 Å². The second-order valence-corrected chi connectivity index (χ2v) is 5.33. The zero-order chi connectivity index (χ0) is 14.5. The van der Waals surface area contributed by atoms with E-state index in [1.165, 1.54) is 31.3 Å². The van der Waals surface area contributed by atoms with Crippen LogP contribution in [-0.2, 0) is 4.79 Å². The smallest absolute Gasteiger partial charge is 0.317 e. The number of carbonyl (C=O) groups is 1. The lowest BCUT2D eigenvalue weighted by atomic mass is 10.1. The molecule has 0 aromatic carbocycles. The summed E-state index contributed by atoms with van der Waals surface area (Å²) in [4.78, 5) is 12.8. The lowest BCUT2D eigenvalue weighted by molar-refractivity contribution is -0.138. The van der Waals surface area contributed by atoms with Gasteiger partial charge in [0.05, 0.1) is 6.54 Å². The molecule has 112 valence electrons. The van der Waals surface area contributed by atoms with Crippen molar-refractivity contribution in [1.82, 2.24) is 4.90 Å². The average molecular weight is 269 g/mol. The lowest BCUT2D eigenvalue weighted by Gasteiger charge is -2.20. The van der Waals surface area contributed by atoms with Crippen molar-refractivity contribution in [2.45, 2.75) is 65.2 Å². The molecule has 0 aliphatic heterocycles. The Hall–Kier alpha value is -0.830. The number of carboxylic acids is 1. The summed E-state index contributed by atoms with van der Waals surface area (Å²) in [6.07, 6.45) is 9.26. The summed E-state index contributed by atoms with van der Waals surface area (Å²) < 4.78 is 0. The van der Waals surface area contributed by atoms with Crippen molar-refractivity contribution in [3.05, 3.63) is 12.2 Å². The van der Waals surface area contributed by atoms with Gasteiger partial charge in [0.1, 0.15) is 0 Å². The molecule has 1 N–H and O–H groups in total. The normalized spacial score (nSPS) is 10.9. The fraction of sp³-hybridized carbons (Fsp3) is 0.812. The largest absolute Gasteiger partial charge is 0.480 e. The summed E-state index contributed by atoms with van der Waals surface area (Å²) in [6.45, 7) is 10.3.